The summed E-state index contributed by atoms with van der Waals surface area (Å²) < 4.78 is 0. The molecule has 0 unspecified atom stereocenters. The van der Waals surface area contributed by atoms with Crippen LogP contribution >= 0.6 is 11.6 Å². The van der Waals surface area contributed by atoms with Crippen LogP contribution < -0.4 is 65.5 Å². The summed E-state index contributed by atoms with van der Waals surface area (Å²) in [5.74, 6) is -13.0. The molecule has 34 heteroatoms. The number of hydrogen-bond acceptors (Lipinski definition) is 18. The zero-order valence-corrected chi connectivity index (χ0v) is 59.9. The lowest BCUT2D eigenvalue weighted by atomic mass is 9.99. The smallest absolute Gasteiger partial charge is 0.305 e. The van der Waals surface area contributed by atoms with Gasteiger partial charge in [0.05, 0.1) is 25.7 Å². The van der Waals surface area contributed by atoms with Crippen LogP contribution in [0.5, 0.6) is 5.75 Å². The van der Waals surface area contributed by atoms with Gasteiger partial charge in [-0.3, -0.25) is 67.3 Å². The molecule has 3 heterocycles. The number of nitrogens with zero attached hydrogens (tertiary/aromatic N) is 4. The quantitative estimate of drug-likeness (QED) is 0.0128. The lowest BCUT2D eigenvalue weighted by Crippen LogP contribution is -2.62. The molecule has 7 rings (SSSR count). The van der Waals surface area contributed by atoms with Crippen molar-refractivity contribution in [3.63, 3.8) is 0 Å². The van der Waals surface area contributed by atoms with Crippen LogP contribution in [0.15, 0.2) is 108 Å². The van der Waals surface area contributed by atoms with Crippen LogP contribution in [0.4, 0.5) is 0 Å². The highest BCUT2D eigenvalue weighted by molar-refractivity contribution is 6.30. The highest BCUT2D eigenvalue weighted by atomic mass is 35.5. The molecule has 0 aliphatic carbocycles. The van der Waals surface area contributed by atoms with Gasteiger partial charge >= 0.3 is 5.97 Å². The molecule has 12 amide bonds. The van der Waals surface area contributed by atoms with Gasteiger partial charge in [-0.1, -0.05) is 104 Å². The average molecular weight is 1490 g/mol. The lowest BCUT2D eigenvalue weighted by molar-refractivity contribution is -0.145. The molecule has 4 aromatic rings. The Hall–Kier alpha value is -10.8. The van der Waals surface area contributed by atoms with Crippen LogP contribution in [0.1, 0.15) is 95.2 Å². The zero-order chi connectivity index (χ0) is 77.5. The summed E-state index contributed by atoms with van der Waals surface area (Å²) in [6.45, 7) is 2.67. The summed E-state index contributed by atoms with van der Waals surface area (Å²) >= 11 is 6.12. The number of amides is 12. The first-order chi connectivity index (χ1) is 50.5. The van der Waals surface area contributed by atoms with E-state index >= 15 is 0 Å². The largest absolute Gasteiger partial charge is 0.508 e. The molecule has 3 aliphatic heterocycles. The molecule has 33 nitrogen and oxygen atoms in total. The monoisotopic (exact) mass is 1490 g/mol. The molecule has 3 aliphatic rings. The molecule has 20 N–H and O–H groups in total. The first-order valence-electron chi connectivity index (χ1n) is 35.0. The maximum Gasteiger partial charge on any atom is 0.305 e. The Morgan fingerprint density at radius 2 is 0.943 bits per heavy atom. The van der Waals surface area contributed by atoms with Gasteiger partial charge in [-0.05, 0) is 123 Å². The number of phenolic OH excluding ortho intramolecular Hbond substituents is 1. The van der Waals surface area contributed by atoms with E-state index in [-0.39, 0.29) is 89.3 Å². The second-order valence-electron chi connectivity index (χ2n) is 26.8. The Balaban J connectivity index is 1.02. The number of aliphatic hydroxyl groups is 2. The van der Waals surface area contributed by atoms with Crippen molar-refractivity contribution >= 4 is 94.4 Å². The normalized spacial score (nSPS) is 18.0. The first-order valence-corrected chi connectivity index (χ1v) is 35.4. The minimum Gasteiger partial charge on any atom is -0.508 e. The van der Waals surface area contributed by atoms with E-state index in [1.54, 1.807) is 105 Å². The number of primary amides is 1. The van der Waals surface area contributed by atoms with Gasteiger partial charge in [-0.25, -0.2) is 0 Å². The highest BCUT2D eigenvalue weighted by Crippen LogP contribution is 2.27. The third kappa shape index (κ3) is 23.4. The first kappa shape index (κ1) is 82.5. The molecule has 0 aromatic heterocycles. The number of nitrogens with two attached hydrogens (primary N) is 4. The summed E-state index contributed by atoms with van der Waals surface area (Å²) in [5.41, 5.74) is 26.1. The maximum absolute atomic E-state index is 14.9. The fraction of sp³-hybridized carbons (Fsp3) is 0.472. The fourth-order valence-electron chi connectivity index (χ4n) is 12.8. The van der Waals surface area contributed by atoms with Crippen LogP contribution in [0.3, 0.4) is 0 Å². The maximum atomic E-state index is 14.9. The zero-order valence-electron chi connectivity index (χ0n) is 59.1. The van der Waals surface area contributed by atoms with E-state index in [0.29, 0.717) is 41.0 Å². The van der Waals surface area contributed by atoms with Crippen LogP contribution in [-0.4, -0.2) is 230 Å². The minimum atomic E-state index is -1.95. The number of rotatable bonds is 36. The van der Waals surface area contributed by atoms with Crippen molar-refractivity contribution in [2.45, 2.75) is 170 Å². The number of carbonyl (C=O) groups is 13. The number of likely N-dealkylation sites (tertiary alicyclic amines) is 3. The number of halogens is 1. The molecule has 106 heavy (non-hydrogen) atoms. The Kier molecular flexibility index (Phi) is 30.6. The number of carboxylic acids is 1. The van der Waals surface area contributed by atoms with E-state index < -0.39 is 175 Å². The summed E-state index contributed by atoms with van der Waals surface area (Å²) in [6, 6.07) is 11.6. The Morgan fingerprint density at radius 3 is 1.49 bits per heavy atom. The van der Waals surface area contributed by atoms with Gasteiger partial charge in [0.15, 0.2) is 5.96 Å². The van der Waals surface area contributed by atoms with Crippen molar-refractivity contribution in [1.29, 1.82) is 0 Å². The van der Waals surface area contributed by atoms with E-state index in [2.05, 4.69) is 47.5 Å². The molecule has 3 saturated heterocycles. The second-order valence-corrected chi connectivity index (χ2v) is 27.2. The Labute approximate surface area is 617 Å². The van der Waals surface area contributed by atoms with Gasteiger partial charge in [-0.2, -0.15) is 0 Å². The highest BCUT2D eigenvalue weighted by Gasteiger charge is 2.44. The average Bonchev–Trinajstić information content (AvgIpc) is 1.61. The summed E-state index contributed by atoms with van der Waals surface area (Å²) in [6.07, 6.45) is 0.348. The summed E-state index contributed by atoms with van der Waals surface area (Å²) in [7, 11) is 0. The Morgan fingerprint density at radius 1 is 0.500 bits per heavy atom. The van der Waals surface area contributed by atoms with Crippen molar-refractivity contribution < 1.29 is 82.8 Å². The predicted octanol–water partition coefficient (Wildman–Crippen LogP) is -2.41. The van der Waals surface area contributed by atoms with Crippen molar-refractivity contribution in [1.82, 2.24) is 57.2 Å². The number of aliphatic hydroxyl groups excluding tert-OH is 2. The third-order valence-corrected chi connectivity index (χ3v) is 18.8. The van der Waals surface area contributed by atoms with Crippen molar-refractivity contribution in [2.24, 2.45) is 33.8 Å². The predicted molar refractivity (Wildman–Crippen MR) is 386 cm³/mol. The number of carboxylic acid groups (broad SMARTS) is 1. The van der Waals surface area contributed by atoms with Crippen LogP contribution in [0.25, 0.3) is 11.1 Å². The van der Waals surface area contributed by atoms with Gasteiger partial charge in [0, 0.05) is 44.0 Å². The number of aromatic hydroxyl groups is 1. The number of nitrogens with one attached hydrogen (secondary N) is 8. The van der Waals surface area contributed by atoms with Gasteiger partial charge in [0.2, 0.25) is 70.9 Å². The van der Waals surface area contributed by atoms with E-state index in [0.717, 1.165) is 16.0 Å². The molecule has 0 saturated carbocycles. The molecule has 4 aromatic carbocycles. The van der Waals surface area contributed by atoms with E-state index in [1.165, 1.54) is 28.9 Å². The van der Waals surface area contributed by atoms with Crippen LogP contribution in [-0.2, 0) is 81.6 Å². The number of benzene rings is 4. The molecule has 0 radical (unpaired) electrons. The number of carbonyl (C=O) groups excluding carboxylic acids is 12. The van der Waals surface area contributed by atoms with Crippen molar-refractivity contribution in [3.05, 3.63) is 125 Å². The van der Waals surface area contributed by atoms with E-state index in [1.807, 2.05) is 0 Å². The molecular formula is C72H95ClN16O17. The van der Waals surface area contributed by atoms with E-state index in [4.69, 9.17) is 34.5 Å². The number of guanidine groups is 1. The van der Waals surface area contributed by atoms with E-state index in [9.17, 15) is 82.8 Å². The molecule has 0 spiro atoms. The SMILES string of the molecule is CC(C)[C@H](NC(=O)[C@H](CO)NC(=O)[C@H](CC(=O)O)NC(=O)[C@@H]1CCCN1C(=O)[C@H](Cc1ccc(-c2ccc(Cl)cc2)cc1)NC(=O)[C@H](C)NC(=O)[C@H](CO)NC(=O)[C@@H](N)Cc1ccc(O)cc1)C(=O)N1CCC[C@H]1C(=O)N[C@@H](Cc1ccccc1)C(=O)N[C@@H](CCCN=C(N)N)C(=O)N1CCC[C@H]1C(N)=O. The molecule has 3 fully saturated rings. The van der Waals surface area contributed by atoms with Crippen molar-refractivity contribution in [3.8, 4) is 16.9 Å². The van der Waals surface area contributed by atoms with Crippen LogP contribution in [0, 0.1) is 5.92 Å². The second kappa shape index (κ2) is 39.4. The summed E-state index contributed by atoms with van der Waals surface area (Å²) in [4.78, 5) is 188. The molecule has 0 bridgehead atoms. The van der Waals surface area contributed by atoms with Gasteiger partial charge in [0.1, 0.15) is 72.2 Å². The minimum absolute atomic E-state index is 0.00432. The number of phenols is 1. The number of aliphatic imine (C=N–C) groups is 1. The number of hydrogen-bond donors (Lipinski definition) is 16. The van der Waals surface area contributed by atoms with Crippen LogP contribution in [0.2, 0.25) is 5.02 Å². The van der Waals surface area contributed by atoms with Gasteiger partial charge in [0.25, 0.3) is 0 Å². The van der Waals surface area contributed by atoms with Crippen molar-refractivity contribution in [2.75, 3.05) is 39.4 Å². The molecule has 572 valence electrons. The lowest BCUT2D eigenvalue weighted by Gasteiger charge is -2.32. The fourth-order valence-corrected chi connectivity index (χ4v) is 12.9. The molecular weight excluding hydrogens is 1400 g/mol. The third-order valence-electron chi connectivity index (χ3n) is 18.6. The Bertz CT molecular complexity index is 3810. The van der Waals surface area contributed by atoms with Gasteiger partial charge in [-0.15, -0.1) is 0 Å². The standard InChI is InChI=1S/C72H95ClN16O17/c1-39(2)59(71(106)89-32-10-16-57(89)68(103)81-50(34-41-11-5-4-6-12-41)63(98)80-49(13-7-29-78-72(76)77)69(104)87-30-8-14-55(87)60(75)95)86-66(101)54(38-91)85-64(99)51(36-58(93)94)82-67(102)56-15-9-31-88(56)70(105)52(35-43-17-21-44(22-18-43)45-23-25-46(73)26-24-45)83-61(96)40(3)79-65(100)53(37-90)84-62(97)48(74)33-42-19-27-47(92)28-20-42/h4-6,11-12,17-28,39-40,48-57,59,90-92H,7-10,13-16,29-38,74H2,1-3H3,(H2,75,95)(H,79,100)(H,80,98)(H,81,103)(H,82,102)(H,83,96)(H,84,97)(H,85,99)(H,86,101)(H,93,94)(H4,76,77,78)/t40-,48-,49-,50-,51-,52-,53-,54-,55-,56-,57-,59-/m0/s1. The van der Waals surface area contributed by atoms with Gasteiger partial charge < -0.3 is 101 Å². The number of aliphatic carboxylic acids is 1. The molecule has 12 atom stereocenters. The summed E-state index contributed by atoms with van der Waals surface area (Å²) in [5, 5.41) is 61.2. The topological polar surface area (TPSA) is 525 Å².